The zero-order chi connectivity index (χ0) is 12.3. The Bertz CT molecular complexity index is 361. The Kier molecular flexibility index (Phi) is 4.14. The molecule has 2 rings (SSSR count). The third-order valence-electron chi connectivity index (χ3n) is 3.31. The van der Waals surface area contributed by atoms with Crippen molar-refractivity contribution in [3.8, 4) is 0 Å². The maximum Gasteiger partial charge on any atom is 0.106 e. The monoisotopic (exact) mass is 256 g/mol. The van der Waals surface area contributed by atoms with Gasteiger partial charge in [0.1, 0.15) is 5.60 Å². The van der Waals surface area contributed by atoms with Crippen molar-refractivity contribution in [2.75, 3.05) is 26.9 Å². The van der Waals surface area contributed by atoms with Gasteiger partial charge in [0.2, 0.25) is 0 Å². The first kappa shape index (κ1) is 13.0. The molecule has 5 heteroatoms. The molecule has 2 atom stereocenters. The van der Waals surface area contributed by atoms with Crippen LogP contribution in [0.2, 0.25) is 0 Å². The minimum Gasteiger partial charge on any atom is -0.378 e. The first-order valence-corrected chi connectivity index (χ1v) is 6.81. The maximum absolute atomic E-state index is 5.58. The van der Waals surface area contributed by atoms with E-state index in [1.807, 2.05) is 6.92 Å². The minimum atomic E-state index is -0.153. The molecule has 0 saturated carbocycles. The van der Waals surface area contributed by atoms with Gasteiger partial charge in [-0.1, -0.05) is 0 Å². The number of hydrogen-bond donors (Lipinski definition) is 1. The molecule has 4 nitrogen and oxygen atoms in total. The second kappa shape index (κ2) is 5.44. The fraction of sp³-hybridized carbons (Fsp3) is 0.750. The molecule has 0 aliphatic carbocycles. The maximum atomic E-state index is 5.58. The summed E-state index contributed by atoms with van der Waals surface area (Å²) in [6.07, 6.45) is 0.958. The van der Waals surface area contributed by atoms with Gasteiger partial charge >= 0.3 is 0 Å². The van der Waals surface area contributed by atoms with E-state index in [9.17, 15) is 0 Å². The number of nitrogens with zero attached hydrogens (tertiary/aromatic N) is 1. The van der Waals surface area contributed by atoms with Crippen LogP contribution in [0.1, 0.15) is 30.1 Å². The second-order valence-electron chi connectivity index (χ2n) is 4.58. The minimum absolute atomic E-state index is 0.153. The number of aromatic nitrogens is 1. The van der Waals surface area contributed by atoms with Gasteiger partial charge in [-0.15, -0.1) is 11.3 Å². The molecular formula is C12H20N2O2S. The molecule has 0 aromatic carbocycles. The number of hydrogen-bond acceptors (Lipinski definition) is 5. The predicted octanol–water partition coefficient (Wildman–Crippen LogP) is 1.91. The van der Waals surface area contributed by atoms with Crippen LogP contribution < -0.4 is 5.32 Å². The van der Waals surface area contributed by atoms with Crippen molar-refractivity contribution >= 4 is 11.3 Å². The highest BCUT2D eigenvalue weighted by atomic mass is 32.1. The van der Waals surface area contributed by atoms with Gasteiger partial charge in [0, 0.05) is 38.1 Å². The van der Waals surface area contributed by atoms with Crippen LogP contribution >= 0.6 is 11.3 Å². The van der Waals surface area contributed by atoms with Gasteiger partial charge in [0.15, 0.2) is 0 Å². The molecule has 0 spiro atoms. The lowest BCUT2D eigenvalue weighted by Gasteiger charge is -2.27. The lowest BCUT2D eigenvalue weighted by Crippen LogP contribution is -2.43. The van der Waals surface area contributed by atoms with Gasteiger partial charge in [-0.25, -0.2) is 4.98 Å². The van der Waals surface area contributed by atoms with E-state index in [1.54, 1.807) is 18.4 Å². The molecule has 1 fully saturated rings. The summed E-state index contributed by atoms with van der Waals surface area (Å²) in [4.78, 5) is 4.49. The molecule has 1 N–H and O–H groups in total. The number of thiazole rings is 1. The van der Waals surface area contributed by atoms with Gasteiger partial charge in [-0.05, 0) is 13.8 Å². The van der Waals surface area contributed by atoms with Crippen LogP contribution in [0.3, 0.4) is 0 Å². The quantitative estimate of drug-likeness (QED) is 0.874. The van der Waals surface area contributed by atoms with Gasteiger partial charge in [-0.2, -0.15) is 0 Å². The van der Waals surface area contributed by atoms with E-state index in [0.29, 0.717) is 6.61 Å². The lowest BCUT2D eigenvalue weighted by atomic mass is 10.0. The summed E-state index contributed by atoms with van der Waals surface area (Å²) in [5.74, 6) is 0. The van der Waals surface area contributed by atoms with Crippen LogP contribution in [0.25, 0.3) is 0 Å². The van der Waals surface area contributed by atoms with Crippen LogP contribution in [0.5, 0.6) is 0 Å². The second-order valence-corrected chi connectivity index (χ2v) is 5.65. The Hall–Kier alpha value is -0.490. The van der Waals surface area contributed by atoms with E-state index in [4.69, 9.17) is 9.47 Å². The fourth-order valence-corrected chi connectivity index (χ4v) is 2.69. The standard InChI is InChI=1S/C12H20N2O2S/c1-9(11-6-17-10(2)14-11)13-7-12(15-3)4-5-16-8-12/h6,9,13H,4-5,7-8H2,1-3H3. The topological polar surface area (TPSA) is 43.4 Å². The van der Waals surface area contributed by atoms with E-state index in [0.717, 1.165) is 30.3 Å². The smallest absolute Gasteiger partial charge is 0.106 e. The Labute approximate surface area is 106 Å². The molecule has 2 heterocycles. The average Bonchev–Trinajstić information content (AvgIpc) is 2.95. The number of aryl methyl sites for hydroxylation is 1. The zero-order valence-corrected chi connectivity index (χ0v) is 11.5. The predicted molar refractivity (Wildman–Crippen MR) is 68.4 cm³/mol. The molecule has 1 aromatic rings. The third kappa shape index (κ3) is 3.04. The molecule has 1 aliphatic rings. The van der Waals surface area contributed by atoms with Crippen LogP contribution in [0.4, 0.5) is 0 Å². The first-order valence-electron chi connectivity index (χ1n) is 5.93. The highest BCUT2D eigenvalue weighted by Gasteiger charge is 2.35. The first-order chi connectivity index (χ1) is 8.15. The summed E-state index contributed by atoms with van der Waals surface area (Å²) in [6, 6.07) is 0.257. The van der Waals surface area contributed by atoms with Crippen molar-refractivity contribution in [1.29, 1.82) is 0 Å². The molecule has 1 saturated heterocycles. The Morgan fingerprint density at radius 3 is 3.06 bits per heavy atom. The summed E-state index contributed by atoms with van der Waals surface area (Å²) in [5.41, 5.74) is 0.956. The van der Waals surface area contributed by atoms with Gasteiger partial charge in [0.25, 0.3) is 0 Å². The van der Waals surface area contributed by atoms with E-state index in [2.05, 4.69) is 22.6 Å². The van der Waals surface area contributed by atoms with E-state index in [1.165, 1.54) is 0 Å². The van der Waals surface area contributed by atoms with Crippen molar-refractivity contribution in [1.82, 2.24) is 10.3 Å². The summed E-state index contributed by atoms with van der Waals surface area (Å²) >= 11 is 1.69. The summed E-state index contributed by atoms with van der Waals surface area (Å²) in [7, 11) is 1.76. The average molecular weight is 256 g/mol. The van der Waals surface area contributed by atoms with Gasteiger partial charge in [-0.3, -0.25) is 0 Å². The van der Waals surface area contributed by atoms with Crippen LogP contribution in [-0.2, 0) is 9.47 Å². The van der Waals surface area contributed by atoms with E-state index < -0.39 is 0 Å². The summed E-state index contributed by atoms with van der Waals surface area (Å²) < 4.78 is 11.0. The fourth-order valence-electron chi connectivity index (χ4n) is 1.98. The van der Waals surface area contributed by atoms with Crippen LogP contribution in [0.15, 0.2) is 5.38 Å². The van der Waals surface area contributed by atoms with Crippen LogP contribution in [0, 0.1) is 6.92 Å². The number of rotatable bonds is 5. The van der Waals surface area contributed by atoms with Crippen molar-refractivity contribution < 1.29 is 9.47 Å². The molecule has 17 heavy (non-hydrogen) atoms. The van der Waals surface area contributed by atoms with Crippen molar-refractivity contribution in [2.24, 2.45) is 0 Å². The summed E-state index contributed by atoms with van der Waals surface area (Å²) in [5, 5.41) is 6.70. The normalized spacial score (nSPS) is 26.3. The molecule has 1 aromatic heterocycles. The highest BCUT2D eigenvalue weighted by Crippen LogP contribution is 2.23. The highest BCUT2D eigenvalue weighted by molar-refractivity contribution is 7.09. The largest absolute Gasteiger partial charge is 0.378 e. The molecular weight excluding hydrogens is 236 g/mol. The lowest BCUT2D eigenvalue weighted by molar-refractivity contribution is -0.0172. The van der Waals surface area contributed by atoms with Crippen molar-refractivity contribution in [2.45, 2.75) is 31.9 Å². The Balaban J connectivity index is 1.89. The molecule has 0 bridgehead atoms. The SMILES string of the molecule is COC1(CNC(C)c2csc(C)n2)CCOC1. The molecule has 96 valence electrons. The number of methoxy groups -OCH3 is 1. The Morgan fingerprint density at radius 2 is 2.53 bits per heavy atom. The molecule has 1 aliphatic heterocycles. The van der Waals surface area contributed by atoms with Crippen molar-refractivity contribution in [3.63, 3.8) is 0 Å². The van der Waals surface area contributed by atoms with E-state index in [-0.39, 0.29) is 11.6 Å². The number of ether oxygens (including phenoxy) is 2. The van der Waals surface area contributed by atoms with Crippen molar-refractivity contribution in [3.05, 3.63) is 16.1 Å². The zero-order valence-electron chi connectivity index (χ0n) is 10.7. The van der Waals surface area contributed by atoms with E-state index >= 15 is 0 Å². The Morgan fingerprint density at radius 1 is 1.71 bits per heavy atom. The van der Waals surface area contributed by atoms with Gasteiger partial charge < -0.3 is 14.8 Å². The molecule has 0 radical (unpaired) electrons. The molecule has 0 amide bonds. The third-order valence-corrected chi connectivity index (χ3v) is 4.10. The summed E-state index contributed by atoms with van der Waals surface area (Å²) in [6.45, 7) is 6.44. The number of nitrogens with one attached hydrogen (secondary N) is 1. The van der Waals surface area contributed by atoms with Crippen LogP contribution in [-0.4, -0.2) is 37.5 Å². The van der Waals surface area contributed by atoms with Gasteiger partial charge in [0.05, 0.1) is 17.3 Å². The molecule has 2 unspecified atom stereocenters.